The van der Waals surface area contributed by atoms with Crippen LogP contribution in [0, 0.1) is 5.41 Å². The molecule has 0 radical (unpaired) electrons. The van der Waals surface area contributed by atoms with Crippen molar-refractivity contribution in [3.8, 4) is 0 Å². The molecule has 0 bridgehead atoms. The minimum Gasteiger partial charge on any atom is -0.321 e. The third-order valence-corrected chi connectivity index (χ3v) is 3.68. The van der Waals surface area contributed by atoms with Crippen LogP contribution in [0.5, 0.6) is 0 Å². The maximum atomic E-state index is 6.47. The van der Waals surface area contributed by atoms with Crippen molar-refractivity contribution < 1.29 is 0 Å². The van der Waals surface area contributed by atoms with Gasteiger partial charge in [0.05, 0.1) is 0 Å². The first-order valence-corrected chi connectivity index (χ1v) is 5.84. The highest BCUT2D eigenvalue weighted by atomic mass is 35.5. The molecule has 82 valence electrons. The fourth-order valence-corrected chi connectivity index (χ4v) is 2.83. The standard InChI is InChI=1S/C13H18ClN/c1-12(2)6-7-13(15,9-12)10-4-3-5-11(14)8-10/h3-5,8H,6-7,9,15H2,1-2H3. The van der Waals surface area contributed by atoms with Gasteiger partial charge in [-0.25, -0.2) is 0 Å². The molecule has 1 aromatic carbocycles. The topological polar surface area (TPSA) is 26.0 Å². The Labute approximate surface area is 96.6 Å². The average Bonchev–Trinajstić information content (AvgIpc) is 2.42. The SMILES string of the molecule is CC1(C)CCC(N)(c2cccc(Cl)c2)C1. The Morgan fingerprint density at radius 2 is 2.00 bits per heavy atom. The Hall–Kier alpha value is -0.530. The van der Waals surface area contributed by atoms with E-state index < -0.39 is 0 Å². The van der Waals surface area contributed by atoms with Crippen molar-refractivity contribution in [3.63, 3.8) is 0 Å². The van der Waals surface area contributed by atoms with Crippen LogP contribution < -0.4 is 5.73 Å². The normalized spacial score (nSPS) is 29.3. The second kappa shape index (κ2) is 3.50. The van der Waals surface area contributed by atoms with Gasteiger partial charge in [-0.15, -0.1) is 0 Å². The molecule has 0 aliphatic heterocycles. The van der Waals surface area contributed by atoms with E-state index in [1.165, 1.54) is 12.0 Å². The lowest BCUT2D eigenvalue weighted by Crippen LogP contribution is -2.34. The third-order valence-electron chi connectivity index (χ3n) is 3.44. The van der Waals surface area contributed by atoms with Crippen molar-refractivity contribution in [2.24, 2.45) is 11.1 Å². The van der Waals surface area contributed by atoms with Crippen LogP contribution in [0.4, 0.5) is 0 Å². The summed E-state index contributed by atoms with van der Waals surface area (Å²) < 4.78 is 0. The molecule has 1 aromatic rings. The Morgan fingerprint density at radius 3 is 2.53 bits per heavy atom. The molecule has 0 amide bonds. The highest BCUT2D eigenvalue weighted by molar-refractivity contribution is 6.30. The van der Waals surface area contributed by atoms with Gasteiger partial charge in [-0.1, -0.05) is 37.6 Å². The zero-order valence-electron chi connectivity index (χ0n) is 9.39. The predicted octanol–water partition coefficient (Wildman–Crippen LogP) is 3.70. The minimum atomic E-state index is -0.172. The zero-order chi connectivity index (χ0) is 11.1. The van der Waals surface area contributed by atoms with Gasteiger partial charge in [0.2, 0.25) is 0 Å². The largest absolute Gasteiger partial charge is 0.321 e. The van der Waals surface area contributed by atoms with Crippen molar-refractivity contribution in [1.29, 1.82) is 0 Å². The van der Waals surface area contributed by atoms with Gasteiger partial charge in [0.25, 0.3) is 0 Å². The molecule has 0 spiro atoms. The minimum absolute atomic E-state index is 0.172. The molecule has 1 nitrogen and oxygen atoms in total. The molecule has 2 heteroatoms. The second-order valence-corrected chi connectivity index (χ2v) is 5.94. The number of halogens is 1. The smallest absolute Gasteiger partial charge is 0.0415 e. The molecule has 2 N–H and O–H groups in total. The quantitative estimate of drug-likeness (QED) is 0.772. The van der Waals surface area contributed by atoms with E-state index in [2.05, 4.69) is 19.9 Å². The maximum absolute atomic E-state index is 6.47. The van der Waals surface area contributed by atoms with Crippen molar-refractivity contribution >= 4 is 11.6 Å². The molecule has 0 heterocycles. The lowest BCUT2D eigenvalue weighted by Gasteiger charge is -2.27. The Balaban J connectivity index is 2.31. The molecule has 0 saturated heterocycles. The van der Waals surface area contributed by atoms with Gasteiger partial charge in [0.15, 0.2) is 0 Å². The zero-order valence-corrected chi connectivity index (χ0v) is 10.1. The van der Waals surface area contributed by atoms with Crippen LogP contribution in [0.2, 0.25) is 5.02 Å². The first kappa shape index (κ1) is 11.0. The number of nitrogens with two attached hydrogens (primary N) is 1. The van der Waals surface area contributed by atoms with Crippen LogP contribution in [-0.4, -0.2) is 0 Å². The summed E-state index contributed by atoms with van der Waals surface area (Å²) in [7, 11) is 0. The maximum Gasteiger partial charge on any atom is 0.0415 e. The summed E-state index contributed by atoms with van der Waals surface area (Å²) in [6.07, 6.45) is 3.29. The van der Waals surface area contributed by atoms with Crippen molar-refractivity contribution in [2.45, 2.75) is 38.6 Å². The number of hydrogen-bond acceptors (Lipinski definition) is 1. The second-order valence-electron chi connectivity index (χ2n) is 5.51. The highest BCUT2D eigenvalue weighted by Gasteiger charge is 2.41. The summed E-state index contributed by atoms with van der Waals surface area (Å²) in [5, 5.41) is 0.780. The molecule has 1 saturated carbocycles. The van der Waals surface area contributed by atoms with Gasteiger partial charge in [-0.05, 0) is 42.4 Å². The van der Waals surface area contributed by atoms with E-state index in [4.69, 9.17) is 17.3 Å². The molecule has 0 aromatic heterocycles. The summed E-state index contributed by atoms with van der Waals surface area (Å²) in [5.41, 5.74) is 7.83. The molecule has 1 aliphatic carbocycles. The van der Waals surface area contributed by atoms with Crippen LogP contribution in [0.25, 0.3) is 0 Å². The molecular weight excluding hydrogens is 206 g/mol. The van der Waals surface area contributed by atoms with Crippen molar-refractivity contribution in [3.05, 3.63) is 34.9 Å². The summed E-state index contributed by atoms with van der Waals surface area (Å²) in [6, 6.07) is 7.97. The Bertz CT molecular complexity index is 373. The molecule has 2 rings (SSSR count). The van der Waals surface area contributed by atoms with Crippen LogP contribution in [-0.2, 0) is 5.54 Å². The molecule has 1 atom stereocenters. The van der Waals surface area contributed by atoms with Gasteiger partial charge in [0, 0.05) is 10.6 Å². The monoisotopic (exact) mass is 223 g/mol. The summed E-state index contributed by atoms with van der Waals surface area (Å²) in [6.45, 7) is 4.57. The lowest BCUT2D eigenvalue weighted by atomic mass is 9.84. The number of hydrogen-bond donors (Lipinski definition) is 1. The third kappa shape index (κ3) is 2.19. The summed E-state index contributed by atoms with van der Waals surface area (Å²) in [4.78, 5) is 0. The number of rotatable bonds is 1. The van der Waals surface area contributed by atoms with Crippen LogP contribution in [0.15, 0.2) is 24.3 Å². The van der Waals surface area contributed by atoms with Gasteiger partial charge < -0.3 is 5.73 Å². The van der Waals surface area contributed by atoms with Crippen LogP contribution in [0.1, 0.15) is 38.7 Å². The summed E-state index contributed by atoms with van der Waals surface area (Å²) >= 11 is 6.00. The Morgan fingerprint density at radius 1 is 1.27 bits per heavy atom. The van der Waals surface area contributed by atoms with E-state index in [0.29, 0.717) is 5.41 Å². The number of benzene rings is 1. The fourth-order valence-electron chi connectivity index (χ4n) is 2.64. The predicted molar refractivity (Wildman–Crippen MR) is 64.9 cm³/mol. The molecule has 1 fully saturated rings. The van der Waals surface area contributed by atoms with E-state index in [1.54, 1.807) is 0 Å². The Kier molecular flexibility index (Phi) is 2.56. The summed E-state index contributed by atoms with van der Waals surface area (Å²) in [5.74, 6) is 0. The first-order valence-electron chi connectivity index (χ1n) is 5.46. The fraction of sp³-hybridized carbons (Fsp3) is 0.538. The molecule has 15 heavy (non-hydrogen) atoms. The molecular formula is C13H18ClN. The van der Waals surface area contributed by atoms with Gasteiger partial charge in [-0.3, -0.25) is 0 Å². The van der Waals surface area contributed by atoms with E-state index >= 15 is 0 Å². The van der Waals surface area contributed by atoms with E-state index in [9.17, 15) is 0 Å². The molecule has 1 aliphatic rings. The van der Waals surface area contributed by atoms with E-state index in [-0.39, 0.29) is 5.54 Å². The molecule has 1 unspecified atom stereocenters. The van der Waals surface area contributed by atoms with Crippen LogP contribution >= 0.6 is 11.6 Å². The van der Waals surface area contributed by atoms with Crippen molar-refractivity contribution in [2.75, 3.05) is 0 Å². The highest BCUT2D eigenvalue weighted by Crippen LogP contribution is 2.47. The first-order chi connectivity index (χ1) is 6.91. The van der Waals surface area contributed by atoms with Gasteiger partial charge in [0.1, 0.15) is 0 Å². The van der Waals surface area contributed by atoms with E-state index in [1.807, 2.05) is 18.2 Å². The van der Waals surface area contributed by atoms with Gasteiger partial charge >= 0.3 is 0 Å². The van der Waals surface area contributed by atoms with Gasteiger partial charge in [-0.2, -0.15) is 0 Å². The van der Waals surface area contributed by atoms with Crippen LogP contribution in [0.3, 0.4) is 0 Å². The average molecular weight is 224 g/mol. The van der Waals surface area contributed by atoms with Crippen molar-refractivity contribution in [1.82, 2.24) is 0 Å². The lowest BCUT2D eigenvalue weighted by molar-refractivity contribution is 0.339. The van der Waals surface area contributed by atoms with E-state index in [0.717, 1.165) is 17.9 Å².